The van der Waals surface area contributed by atoms with E-state index < -0.39 is 22.7 Å². The van der Waals surface area contributed by atoms with Crippen LogP contribution in [0.5, 0.6) is 0 Å². The van der Waals surface area contributed by atoms with Gasteiger partial charge in [-0.2, -0.15) is 0 Å². The quantitative estimate of drug-likeness (QED) is 0.870. The van der Waals surface area contributed by atoms with Crippen LogP contribution in [0.3, 0.4) is 0 Å². The predicted molar refractivity (Wildman–Crippen MR) is 87.8 cm³/mol. The molecule has 1 saturated carbocycles. The monoisotopic (exact) mass is 349 g/mol. The van der Waals surface area contributed by atoms with Gasteiger partial charge in [0.05, 0.1) is 18.2 Å². The average Bonchev–Trinajstić information content (AvgIpc) is 3.25. The third-order valence-corrected chi connectivity index (χ3v) is 4.98. The zero-order valence-corrected chi connectivity index (χ0v) is 14.0. The minimum absolute atomic E-state index is 0.0656. The van der Waals surface area contributed by atoms with Crippen LogP contribution < -0.4 is 5.32 Å². The van der Waals surface area contributed by atoms with E-state index >= 15 is 0 Å². The summed E-state index contributed by atoms with van der Waals surface area (Å²) in [6.45, 7) is 1.47. The molecule has 1 heterocycles. The molecule has 1 atom stereocenters. The van der Waals surface area contributed by atoms with Gasteiger partial charge in [-0.15, -0.1) is 0 Å². The molecule has 0 radical (unpaired) electrons. The second kappa shape index (κ2) is 6.59. The van der Waals surface area contributed by atoms with E-state index in [1.165, 1.54) is 25.3 Å². The fourth-order valence-electron chi connectivity index (χ4n) is 3.57. The highest BCUT2D eigenvalue weighted by molar-refractivity contribution is 5.88. The van der Waals surface area contributed by atoms with Crippen molar-refractivity contribution in [2.24, 2.45) is 0 Å². The van der Waals surface area contributed by atoms with Crippen molar-refractivity contribution in [1.82, 2.24) is 5.32 Å². The maximum absolute atomic E-state index is 14.3. The van der Waals surface area contributed by atoms with E-state index in [0.717, 1.165) is 18.9 Å². The molecule has 1 aromatic heterocycles. The van der Waals surface area contributed by atoms with Crippen molar-refractivity contribution < 1.29 is 23.1 Å². The van der Waals surface area contributed by atoms with Gasteiger partial charge in [0, 0.05) is 11.6 Å². The highest BCUT2D eigenvalue weighted by Crippen LogP contribution is 2.42. The lowest BCUT2D eigenvalue weighted by Gasteiger charge is -2.30. The second-order valence-electron chi connectivity index (χ2n) is 6.85. The zero-order chi connectivity index (χ0) is 18.1. The molecule has 4 nitrogen and oxygen atoms in total. The molecule has 3 rings (SSSR count). The molecule has 6 heteroatoms. The number of nitrogens with one attached hydrogen (secondary N) is 1. The Balaban J connectivity index is 1.82. The summed E-state index contributed by atoms with van der Waals surface area (Å²) in [5, 5.41) is 13.2. The Morgan fingerprint density at radius 3 is 2.64 bits per heavy atom. The number of carbonyl (C=O) groups excluding carboxylic acids is 1. The molecule has 2 aromatic rings. The standard InChI is InChI=1S/C19H21F2NO3/c1-18(24,16-5-4-10-25-16)12-22-17(23)19(8-2-3-9-19)14-7-6-13(20)11-15(14)21/h4-7,10-11,24H,2-3,8-9,12H2,1H3,(H,22,23). The van der Waals surface area contributed by atoms with Gasteiger partial charge in [-0.05, 0) is 38.0 Å². The third-order valence-electron chi connectivity index (χ3n) is 4.98. The van der Waals surface area contributed by atoms with E-state index in [1.54, 1.807) is 12.1 Å². The number of carbonyl (C=O) groups is 1. The molecule has 0 spiro atoms. The minimum atomic E-state index is -1.37. The van der Waals surface area contributed by atoms with Crippen LogP contribution in [-0.2, 0) is 15.8 Å². The van der Waals surface area contributed by atoms with Crippen LogP contribution in [0.2, 0.25) is 0 Å². The van der Waals surface area contributed by atoms with Crippen LogP contribution in [0.15, 0.2) is 41.0 Å². The van der Waals surface area contributed by atoms with Crippen molar-refractivity contribution >= 4 is 5.91 Å². The van der Waals surface area contributed by atoms with Crippen molar-refractivity contribution in [2.45, 2.75) is 43.6 Å². The van der Waals surface area contributed by atoms with Gasteiger partial charge in [0.15, 0.2) is 0 Å². The van der Waals surface area contributed by atoms with Crippen LogP contribution in [0, 0.1) is 11.6 Å². The fraction of sp³-hybridized carbons (Fsp3) is 0.421. The summed E-state index contributed by atoms with van der Waals surface area (Å²) >= 11 is 0. The number of aliphatic hydroxyl groups is 1. The lowest BCUT2D eigenvalue weighted by molar-refractivity contribution is -0.128. The number of amides is 1. The smallest absolute Gasteiger partial charge is 0.230 e. The predicted octanol–water partition coefficient (Wildman–Crippen LogP) is 3.39. The van der Waals surface area contributed by atoms with Crippen LogP contribution in [0.4, 0.5) is 8.78 Å². The first-order valence-electron chi connectivity index (χ1n) is 8.35. The minimum Gasteiger partial charge on any atom is -0.466 e. The van der Waals surface area contributed by atoms with Crippen molar-refractivity contribution in [3.05, 3.63) is 59.6 Å². The fourth-order valence-corrected chi connectivity index (χ4v) is 3.57. The molecule has 1 fully saturated rings. The van der Waals surface area contributed by atoms with Gasteiger partial charge in [0.2, 0.25) is 5.91 Å². The molecular weight excluding hydrogens is 328 g/mol. The Morgan fingerprint density at radius 1 is 1.32 bits per heavy atom. The molecule has 1 aliphatic rings. The molecule has 1 amide bonds. The SMILES string of the molecule is CC(O)(CNC(=O)C1(c2ccc(F)cc2F)CCCC1)c1ccco1. The highest BCUT2D eigenvalue weighted by Gasteiger charge is 2.45. The maximum atomic E-state index is 14.3. The Hall–Kier alpha value is -2.21. The molecule has 1 aliphatic carbocycles. The number of hydrogen-bond donors (Lipinski definition) is 2. The summed E-state index contributed by atoms with van der Waals surface area (Å²) in [5.41, 5.74) is -2.20. The summed E-state index contributed by atoms with van der Waals surface area (Å²) in [4.78, 5) is 12.9. The van der Waals surface area contributed by atoms with Gasteiger partial charge in [-0.1, -0.05) is 18.9 Å². The summed E-state index contributed by atoms with van der Waals surface area (Å²) in [6, 6.07) is 6.60. The Bertz CT molecular complexity index is 750. The normalized spacial score (nSPS) is 18.7. The third kappa shape index (κ3) is 3.31. The van der Waals surface area contributed by atoms with Crippen LogP contribution in [0.1, 0.15) is 43.9 Å². The van der Waals surface area contributed by atoms with Crippen molar-refractivity contribution in [1.29, 1.82) is 0 Å². The largest absolute Gasteiger partial charge is 0.466 e. The van der Waals surface area contributed by atoms with E-state index in [2.05, 4.69) is 5.32 Å². The summed E-state index contributed by atoms with van der Waals surface area (Å²) in [6.07, 6.45) is 4.00. The van der Waals surface area contributed by atoms with Crippen LogP contribution >= 0.6 is 0 Å². The molecule has 25 heavy (non-hydrogen) atoms. The molecule has 134 valence electrons. The summed E-state index contributed by atoms with van der Waals surface area (Å²) < 4.78 is 32.8. The van der Waals surface area contributed by atoms with Gasteiger partial charge in [0.25, 0.3) is 0 Å². The molecule has 2 N–H and O–H groups in total. The van der Waals surface area contributed by atoms with Crippen molar-refractivity contribution in [3.8, 4) is 0 Å². The second-order valence-corrected chi connectivity index (χ2v) is 6.85. The lowest BCUT2D eigenvalue weighted by Crippen LogP contribution is -2.47. The Morgan fingerprint density at radius 2 is 2.04 bits per heavy atom. The van der Waals surface area contributed by atoms with Gasteiger partial charge in [-0.25, -0.2) is 8.78 Å². The Kier molecular flexibility index (Phi) is 4.64. The zero-order valence-electron chi connectivity index (χ0n) is 14.0. The molecule has 1 unspecified atom stereocenters. The molecule has 1 aromatic carbocycles. The highest BCUT2D eigenvalue weighted by atomic mass is 19.1. The summed E-state index contributed by atoms with van der Waals surface area (Å²) in [7, 11) is 0. The molecule has 0 bridgehead atoms. The first-order valence-corrected chi connectivity index (χ1v) is 8.35. The number of furan rings is 1. The lowest BCUT2D eigenvalue weighted by atomic mass is 9.77. The molecule has 0 aliphatic heterocycles. The van der Waals surface area contributed by atoms with Crippen molar-refractivity contribution in [2.75, 3.05) is 6.54 Å². The van der Waals surface area contributed by atoms with Crippen LogP contribution in [0.25, 0.3) is 0 Å². The maximum Gasteiger partial charge on any atom is 0.230 e. The summed E-state index contributed by atoms with van der Waals surface area (Å²) in [5.74, 6) is -1.41. The van der Waals surface area contributed by atoms with E-state index in [4.69, 9.17) is 4.42 Å². The molecule has 0 saturated heterocycles. The van der Waals surface area contributed by atoms with Crippen molar-refractivity contribution in [3.63, 3.8) is 0 Å². The van der Waals surface area contributed by atoms with E-state index in [0.29, 0.717) is 18.6 Å². The topological polar surface area (TPSA) is 62.5 Å². The number of hydrogen-bond acceptors (Lipinski definition) is 3. The van der Waals surface area contributed by atoms with Crippen LogP contribution in [-0.4, -0.2) is 17.6 Å². The van der Waals surface area contributed by atoms with Gasteiger partial charge in [0.1, 0.15) is 23.0 Å². The van der Waals surface area contributed by atoms with E-state index in [-0.39, 0.29) is 18.0 Å². The van der Waals surface area contributed by atoms with E-state index in [1.807, 2.05) is 0 Å². The molecular formula is C19H21F2NO3. The first-order chi connectivity index (χ1) is 11.8. The van der Waals surface area contributed by atoms with Gasteiger partial charge in [-0.3, -0.25) is 4.79 Å². The Labute approximate surface area is 144 Å². The number of rotatable bonds is 5. The first kappa shape index (κ1) is 17.6. The van der Waals surface area contributed by atoms with Gasteiger partial charge >= 0.3 is 0 Å². The number of benzene rings is 1. The van der Waals surface area contributed by atoms with Gasteiger partial charge < -0.3 is 14.8 Å². The van der Waals surface area contributed by atoms with E-state index in [9.17, 15) is 18.7 Å². The average molecular weight is 349 g/mol. The number of halogens is 2.